The molecule has 4 aromatic rings. The predicted molar refractivity (Wildman–Crippen MR) is 133 cm³/mol. The smallest absolute Gasteiger partial charge is 0.143 e. The number of benzene rings is 4. The maximum Gasteiger partial charge on any atom is 0.143 e. The van der Waals surface area contributed by atoms with Crippen LogP contribution in [-0.2, 0) is 0 Å². The third-order valence-corrected chi connectivity index (χ3v) is 6.37. The number of rotatable bonds is 7. The fourth-order valence-corrected chi connectivity index (χ4v) is 4.53. The Bertz CT molecular complexity index is 1320. The fraction of sp³-hybridized carbons (Fsp3) is 0.241. The minimum Gasteiger partial charge on any atom is -0.508 e. The van der Waals surface area contributed by atoms with Gasteiger partial charge in [0.2, 0.25) is 0 Å². The van der Waals surface area contributed by atoms with E-state index in [1.165, 1.54) is 31.4 Å². The zero-order valence-corrected chi connectivity index (χ0v) is 19.3. The van der Waals surface area contributed by atoms with Gasteiger partial charge in [-0.15, -0.1) is 0 Å². The molecule has 1 atom stereocenters. The van der Waals surface area contributed by atoms with E-state index in [4.69, 9.17) is 9.47 Å². The van der Waals surface area contributed by atoms with Crippen LogP contribution in [0.2, 0.25) is 0 Å². The number of aromatic hydroxyl groups is 1. The number of hydrogen-bond acceptors (Lipinski definition) is 4. The van der Waals surface area contributed by atoms with Crippen LogP contribution in [0.5, 0.6) is 23.0 Å². The van der Waals surface area contributed by atoms with Gasteiger partial charge in [0.1, 0.15) is 34.6 Å². The molecule has 1 aliphatic heterocycles. The first kappa shape index (κ1) is 23.1. The number of phenols is 1. The van der Waals surface area contributed by atoms with Crippen molar-refractivity contribution in [3.63, 3.8) is 0 Å². The van der Waals surface area contributed by atoms with Crippen LogP contribution >= 0.6 is 0 Å². The molecule has 0 aliphatic carbocycles. The highest BCUT2D eigenvalue weighted by atomic mass is 19.1. The second-order valence-electron chi connectivity index (χ2n) is 8.83. The van der Waals surface area contributed by atoms with Crippen molar-refractivity contribution in [3.8, 4) is 34.1 Å². The van der Waals surface area contributed by atoms with Crippen molar-refractivity contribution in [1.82, 2.24) is 5.32 Å². The Labute approximate surface area is 203 Å². The number of nitrogens with one attached hydrogen (secondary N) is 1. The van der Waals surface area contributed by atoms with Crippen molar-refractivity contribution in [3.05, 3.63) is 84.4 Å². The Morgan fingerprint density at radius 1 is 0.857 bits per heavy atom. The highest BCUT2D eigenvalue weighted by Gasteiger charge is 2.17. The van der Waals surface area contributed by atoms with E-state index in [9.17, 15) is 13.9 Å². The Kier molecular flexibility index (Phi) is 6.82. The molecule has 0 amide bonds. The van der Waals surface area contributed by atoms with Gasteiger partial charge in [0, 0.05) is 28.6 Å². The SMILES string of the molecule is Oc1ccc2c(Oc3ccc(OCCC4CCCCN4)cc3)c(-c3ccc(F)cc3F)ccc2c1. The van der Waals surface area contributed by atoms with E-state index >= 15 is 0 Å². The molecule has 0 aromatic heterocycles. The molecule has 6 heteroatoms. The van der Waals surface area contributed by atoms with Crippen molar-refractivity contribution in [2.75, 3.05) is 13.2 Å². The molecule has 0 radical (unpaired) electrons. The van der Waals surface area contributed by atoms with E-state index in [1.807, 2.05) is 12.1 Å². The van der Waals surface area contributed by atoms with Gasteiger partial charge in [0.05, 0.1) is 6.61 Å². The first-order valence-electron chi connectivity index (χ1n) is 11.9. The number of ether oxygens (including phenoxy) is 2. The van der Waals surface area contributed by atoms with Crippen molar-refractivity contribution < 1.29 is 23.4 Å². The van der Waals surface area contributed by atoms with Gasteiger partial charge in [-0.2, -0.15) is 0 Å². The van der Waals surface area contributed by atoms with Crippen LogP contribution in [0.4, 0.5) is 8.78 Å². The molecule has 4 aromatic carbocycles. The van der Waals surface area contributed by atoms with Gasteiger partial charge in [0.15, 0.2) is 0 Å². The van der Waals surface area contributed by atoms with Gasteiger partial charge in [0.25, 0.3) is 0 Å². The van der Waals surface area contributed by atoms with Crippen LogP contribution in [0.1, 0.15) is 25.7 Å². The summed E-state index contributed by atoms with van der Waals surface area (Å²) in [7, 11) is 0. The van der Waals surface area contributed by atoms with Gasteiger partial charge in [-0.1, -0.05) is 12.5 Å². The number of phenolic OH excluding ortho intramolecular Hbond substituents is 1. The van der Waals surface area contributed by atoms with Crippen molar-refractivity contribution >= 4 is 10.8 Å². The molecule has 1 saturated heterocycles. The Hall–Kier alpha value is -3.64. The van der Waals surface area contributed by atoms with Crippen LogP contribution < -0.4 is 14.8 Å². The third-order valence-electron chi connectivity index (χ3n) is 6.37. The molecule has 4 nitrogen and oxygen atoms in total. The summed E-state index contributed by atoms with van der Waals surface area (Å²) in [5, 5.41) is 14.9. The molecule has 1 aliphatic rings. The molecule has 1 heterocycles. The molecule has 1 unspecified atom stereocenters. The predicted octanol–water partition coefficient (Wildman–Crippen LogP) is 7.19. The lowest BCUT2D eigenvalue weighted by atomic mass is 9.99. The summed E-state index contributed by atoms with van der Waals surface area (Å²) in [6.07, 6.45) is 4.66. The monoisotopic (exact) mass is 475 g/mol. The van der Waals surface area contributed by atoms with Gasteiger partial charge in [-0.25, -0.2) is 8.78 Å². The number of piperidine rings is 1. The summed E-state index contributed by atoms with van der Waals surface area (Å²) in [5.74, 6) is 0.522. The van der Waals surface area contributed by atoms with Crippen LogP contribution in [0, 0.1) is 11.6 Å². The molecular weight excluding hydrogens is 448 g/mol. The van der Waals surface area contributed by atoms with Crippen LogP contribution in [-0.4, -0.2) is 24.3 Å². The lowest BCUT2D eigenvalue weighted by Gasteiger charge is -2.23. The maximum absolute atomic E-state index is 14.7. The summed E-state index contributed by atoms with van der Waals surface area (Å²) >= 11 is 0. The van der Waals surface area contributed by atoms with E-state index in [0.29, 0.717) is 35.1 Å². The van der Waals surface area contributed by atoms with Crippen molar-refractivity contribution in [2.24, 2.45) is 0 Å². The minimum absolute atomic E-state index is 0.120. The zero-order valence-electron chi connectivity index (χ0n) is 19.3. The summed E-state index contributed by atoms with van der Waals surface area (Å²) in [6.45, 7) is 1.72. The Morgan fingerprint density at radius 3 is 2.43 bits per heavy atom. The normalized spacial score (nSPS) is 15.8. The standard InChI is InChI=1S/C29H27F2NO3/c30-20-5-12-26(28(31)18-20)27-11-4-19-17-22(33)6-13-25(19)29(27)35-24-9-7-23(8-10-24)34-16-14-21-3-1-2-15-32-21/h4-13,17-18,21,32-33H,1-3,14-16H2. The average Bonchev–Trinajstić information content (AvgIpc) is 2.86. The number of hydrogen-bond donors (Lipinski definition) is 2. The summed E-state index contributed by atoms with van der Waals surface area (Å²) in [4.78, 5) is 0. The first-order chi connectivity index (χ1) is 17.1. The first-order valence-corrected chi connectivity index (χ1v) is 11.9. The molecular formula is C29H27F2NO3. The third kappa shape index (κ3) is 5.38. The molecule has 2 N–H and O–H groups in total. The van der Waals surface area contributed by atoms with Crippen LogP contribution in [0.15, 0.2) is 72.8 Å². The summed E-state index contributed by atoms with van der Waals surface area (Å²) in [6, 6.07) is 19.7. The van der Waals surface area contributed by atoms with Gasteiger partial charge >= 0.3 is 0 Å². The molecule has 0 bridgehead atoms. The van der Waals surface area contributed by atoms with Crippen molar-refractivity contribution in [2.45, 2.75) is 31.7 Å². The van der Waals surface area contributed by atoms with E-state index in [0.717, 1.165) is 30.2 Å². The fourth-order valence-electron chi connectivity index (χ4n) is 4.53. The average molecular weight is 476 g/mol. The lowest BCUT2D eigenvalue weighted by Crippen LogP contribution is -2.35. The van der Waals surface area contributed by atoms with E-state index in [1.54, 1.807) is 42.5 Å². The van der Waals surface area contributed by atoms with Crippen LogP contribution in [0.25, 0.3) is 21.9 Å². The highest BCUT2D eigenvalue weighted by molar-refractivity contribution is 5.96. The molecule has 5 rings (SSSR count). The molecule has 180 valence electrons. The number of halogens is 2. The maximum atomic E-state index is 14.7. The Balaban J connectivity index is 1.39. The van der Waals surface area contributed by atoms with E-state index in [2.05, 4.69) is 5.32 Å². The second-order valence-corrected chi connectivity index (χ2v) is 8.83. The number of fused-ring (bicyclic) bond motifs is 1. The molecule has 0 saturated carbocycles. The zero-order chi connectivity index (χ0) is 24.2. The van der Waals surface area contributed by atoms with E-state index < -0.39 is 11.6 Å². The van der Waals surface area contributed by atoms with Crippen molar-refractivity contribution in [1.29, 1.82) is 0 Å². The summed E-state index contributed by atoms with van der Waals surface area (Å²) < 4.78 is 40.4. The van der Waals surface area contributed by atoms with Gasteiger partial charge in [-0.05, 0) is 91.9 Å². The minimum atomic E-state index is -0.677. The van der Waals surface area contributed by atoms with Gasteiger partial charge < -0.3 is 19.9 Å². The second kappa shape index (κ2) is 10.3. The Morgan fingerprint density at radius 2 is 1.66 bits per heavy atom. The largest absolute Gasteiger partial charge is 0.508 e. The van der Waals surface area contributed by atoms with E-state index in [-0.39, 0.29) is 11.3 Å². The van der Waals surface area contributed by atoms with Crippen LogP contribution in [0.3, 0.4) is 0 Å². The highest BCUT2D eigenvalue weighted by Crippen LogP contribution is 2.41. The molecule has 1 fully saturated rings. The molecule has 0 spiro atoms. The van der Waals surface area contributed by atoms with Gasteiger partial charge in [-0.3, -0.25) is 0 Å². The lowest BCUT2D eigenvalue weighted by molar-refractivity contribution is 0.268. The topological polar surface area (TPSA) is 50.7 Å². The summed E-state index contributed by atoms with van der Waals surface area (Å²) in [5.41, 5.74) is 0.716. The quantitative estimate of drug-likeness (QED) is 0.297. The molecule has 35 heavy (non-hydrogen) atoms.